The Morgan fingerprint density at radius 3 is 2.10 bits per heavy atom. The van der Waals surface area contributed by atoms with Crippen molar-refractivity contribution in [3.05, 3.63) is 0 Å². The molecule has 1 aliphatic heterocycles. The van der Waals surface area contributed by atoms with Crippen LogP contribution in [0.3, 0.4) is 0 Å². The smallest absolute Gasteiger partial charge is 0.410 e. The van der Waals surface area contributed by atoms with Crippen molar-refractivity contribution in [1.82, 2.24) is 15.5 Å². The monoisotopic (exact) mass is 553 g/mol. The molecule has 0 aromatic rings. The number of ether oxygens (including phenoxy) is 4. The lowest BCUT2D eigenvalue weighted by molar-refractivity contribution is -0.146. The number of amides is 3. The normalized spacial score (nSPS) is 34.1. The first kappa shape index (κ1) is 31.1. The molecule has 2 aliphatic carbocycles. The fourth-order valence-corrected chi connectivity index (χ4v) is 6.83. The maximum Gasteiger partial charge on any atom is 0.410 e. The molecular weight excluding hydrogens is 506 g/mol. The van der Waals surface area contributed by atoms with E-state index in [4.69, 9.17) is 18.9 Å². The van der Waals surface area contributed by atoms with Gasteiger partial charge in [0.2, 0.25) is 11.8 Å². The summed E-state index contributed by atoms with van der Waals surface area (Å²) in [7, 11) is 6.32. The largest absolute Gasteiger partial charge is 0.467 e. The molecule has 39 heavy (non-hydrogen) atoms. The van der Waals surface area contributed by atoms with E-state index in [1.165, 1.54) is 12.0 Å². The number of carbonyl (C=O) groups is 4. The molecule has 11 nitrogen and oxygen atoms in total. The van der Waals surface area contributed by atoms with Gasteiger partial charge in [-0.15, -0.1) is 0 Å². The second-order valence-electron chi connectivity index (χ2n) is 12.3. The predicted octanol–water partition coefficient (Wildman–Crippen LogP) is 2.26. The number of esters is 1. The average Bonchev–Trinajstić information content (AvgIpc) is 2.89. The van der Waals surface area contributed by atoms with E-state index in [0.29, 0.717) is 19.3 Å². The van der Waals surface area contributed by atoms with Gasteiger partial charge in [-0.2, -0.15) is 0 Å². The lowest BCUT2D eigenvalue weighted by Crippen LogP contribution is -2.57. The molecule has 11 heteroatoms. The van der Waals surface area contributed by atoms with Crippen LogP contribution in [-0.2, 0) is 33.3 Å². The van der Waals surface area contributed by atoms with Gasteiger partial charge in [0.25, 0.3) is 0 Å². The molecule has 3 rings (SSSR count). The van der Waals surface area contributed by atoms with Crippen LogP contribution in [0.5, 0.6) is 0 Å². The molecule has 3 fully saturated rings. The first-order chi connectivity index (χ1) is 18.4. The highest BCUT2D eigenvalue weighted by Crippen LogP contribution is 2.46. The van der Waals surface area contributed by atoms with Gasteiger partial charge in [0.1, 0.15) is 17.7 Å². The lowest BCUT2D eigenvalue weighted by atomic mass is 9.64. The Labute approximate surface area is 232 Å². The van der Waals surface area contributed by atoms with Gasteiger partial charge in [-0.1, -0.05) is 0 Å². The van der Waals surface area contributed by atoms with Gasteiger partial charge in [-0.3, -0.25) is 14.5 Å². The zero-order chi connectivity index (χ0) is 28.9. The van der Waals surface area contributed by atoms with Gasteiger partial charge in [0, 0.05) is 21.3 Å². The second kappa shape index (κ2) is 13.3. The maximum absolute atomic E-state index is 13.6. The minimum absolute atomic E-state index is 0.0117. The highest BCUT2D eigenvalue weighted by atomic mass is 16.6. The fraction of sp³-hybridized carbons (Fsp3) is 0.857. The van der Waals surface area contributed by atoms with Crippen LogP contribution in [0.15, 0.2) is 0 Å². The van der Waals surface area contributed by atoms with E-state index in [2.05, 4.69) is 10.6 Å². The molecule has 4 bridgehead atoms. The van der Waals surface area contributed by atoms with Crippen molar-refractivity contribution in [2.45, 2.75) is 95.6 Å². The Hall–Kier alpha value is -2.40. The summed E-state index contributed by atoms with van der Waals surface area (Å²) in [5.41, 5.74) is -0.731. The van der Waals surface area contributed by atoms with Crippen LogP contribution >= 0.6 is 0 Å². The molecule has 0 radical (unpaired) electrons. The fourth-order valence-electron chi connectivity index (χ4n) is 6.83. The van der Waals surface area contributed by atoms with Crippen molar-refractivity contribution < 1.29 is 38.1 Å². The van der Waals surface area contributed by atoms with Crippen LogP contribution in [0.2, 0.25) is 0 Å². The summed E-state index contributed by atoms with van der Waals surface area (Å²) in [4.78, 5) is 53.5. The number of hydrogen-bond donors (Lipinski definition) is 2. The molecule has 0 aromatic carbocycles. The number of nitrogens with one attached hydrogen (secondary N) is 2. The molecule has 3 amide bonds. The van der Waals surface area contributed by atoms with E-state index >= 15 is 0 Å². The number of rotatable bonds is 4. The second-order valence-corrected chi connectivity index (χ2v) is 12.3. The van der Waals surface area contributed by atoms with Gasteiger partial charge in [-0.25, -0.2) is 9.59 Å². The SMILES string of the molecule is COC(=O)C1CC2CCC(OC)C(C2)C2CC(CCC2OC)C(N(C)C(=O)OC(C)(C)C)C(=O)NCC(=O)N1. The first-order valence-electron chi connectivity index (χ1n) is 14.0. The molecule has 222 valence electrons. The highest BCUT2D eigenvalue weighted by molar-refractivity contribution is 5.91. The van der Waals surface area contributed by atoms with Crippen LogP contribution in [-0.4, -0.2) is 93.6 Å². The van der Waals surface area contributed by atoms with E-state index in [0.717, 1.165) is 25.7 Å². The van der Waals surface area contributed by atoms with Crippen LogP contribution < -0.4 is 10.6 Å². The summed E-state index contributed by atoms with van der Waals surface area (Å²) in [6.07, 6.45) is 4.44. The summed E-state index contributed by atoms with van der Waals surface area (Å²) in [6, 6.07) is -1.66. The standard InChI is InChI=1S/C28H47N3O8/c1-28(2,3)39-27(35)31(4)24-17-9-11-22(37-6)19(14-17)18-12-16(8-10-21(18)36-5)13-20(26(34)38-7)30-23(32)15-29-25(24)33/h16-22,24H,8-15H2,1-7H3,(H,29,33)(H,30,32). The number of likely N-dealkylation sites (N-methyl/N-ethyl adjacent to an activating group) is 1. The van der Waals surface area contributed by atoms with Crippen molar-refractivity contribution in [3.63, 3.8) is 0 Å². The van der Waals surface area contributed by atoms with E-state index in [1.807, 2.05) is 0 Å². The molecule has 1 saturated heterocycles. The summed E-state index contributed by atoms with van der Waals surface area (Å²) in [5, 5.41) is 5.45. The molecule has 2 saturated carbocycles. The van der Waals surface area contributed by atoms with Gasteiger partial charge >= 0.3 is 12.1 Å². The van der Waals surface area contributed by atoms with Crippen LogP contribution in [0, 0.1) is 23.7 Å². The molecule has 1 heterocycles. The zero-order valence-corrected chi connectivity index (χ0v) is 24.5. The lowest BCUT2D eigenvalue weighted by Gasteiger charge is -2.48. The van der Waals surface area contributed by atoms with Crippen molar-refractivity contribution in [1.29, 1.82) is 0 Å². The minimum atomic E-state index is -0.840. The Bertz CT molecular complexity index is 891. The topological polar surface area (TPSA) is 132 Å². The summed E-state index contributed by atoms with van der Waals surface area (Å²) < 4.78 is 22.5. The number of fused-ring (bicyclic) bond motifs is 5. The van der Waals surface area contributed by atoms with E-state index in [-0.39, 0.29) is 42.4 Å². The van der Waals surface area contributed by atoms with Crippen LogP contribution in [0.25, 0.3) is 0 Å². The van der Waals surface area contributed by atoms with Crippen LogP contribution in [0.4, 0.5) is 4.79 Å². The van der Waals surface area contributed by atoms with E-state index in [1.54, 1.807) is 42.0 Å². The van der Waals surface area contributed by atoms with Crippen molar-refractivity contribution in [2.24, 2.45) is 23.7 Å². The number of nitrogens with zero attached hydrogens (tertiary/aromatic N) is 1. The summed E-state index contributed by atoms with van der Waals surface area (Å²) >= 11 is 0. The Kier molecular flexibility index (Phi) is 10.6. The quantitative estimate of drug-likeness (QED) is 0.507. The predicted molar refractivity (Wildman–Crippen MR) is 143 cm³/mol. The third-order valence-corrected chi connectivity index (χ3v) is 8.60. The molecule has 0 spiro atoms. The van der Waals surface area contributed by atoms with Gasteiger partial charge in [-0.05, 0) is 89.4 Å². The molecule has 8 atom stereocenters. The Morgan fingerprint density at radius 1 is 0.897 bits per heavy atom. The Morgan fingerprint density at radius 2 is 1.51 bits per heavy atom. The highest BCUT2D eigenvalue weighted by Gasteiger charge is 2.47. The molecule has 2 N–H and O–H groups in total. The van der Waals surface area contributed by atoms with Gasteiger partial charge < -0.3 is 29.6 Å². The zero-order valence-electron chi connectivity index (χ0n) is 24.5. The van der Waals surface area contributed by atoms with E-state index in [9.17, 15) is 19.2 Å². The van der Waals surface area contributed by atoms with Crippen LogP contribution in [0.1, 0.15) is 65.7 Å². The molecule has 8 unspecified atom stereocenters. The third-order valence-electron chi connectivity index (χ3n) is 8.60. The van der Waals surface area contributed by atoms with E-state index < -0.39 is 41.6 Å². The number of methoxy groups -OCH3 is 3. The molecular formula is C28H47N3O8. The maximum atomic E-state index is 13.6. The Balaban J connectivity index is 2.00. The van der Waals surface area contributed by atoms with Crippen molar-refractivity contribution >= 4 is 23.9 Å². The van der Waals surface area contributed by atoms with Crippen molar-refractivity contribution in [2.75, 3.05) is 34.9 Å². The minimum Gasteiger partial charge on any atom is -0.467 e. The molecule has 0 aromatic heterocycles. The van der Waals surface area contributed by atoms with Crippen molar-refractivity contribution in [3.8, 4) is 0 Å². The summed E-state index contributed by atoms with van der Waals surface area (Å²) in [6.45, 7) is 5.01. The summed E-state index contributed by atoms with van der Waals surface area (Å²) in [5.74, 6) is -1.19. The number of carbonyl (C=O) groups excluding carboxylic acids is 4. The molecule has 3 aliphatic rings. The van der Waals surface area contributed by atoms with Gasteiger partial charge in [0.05, 0.1) is 25.9 Å². The third kappa shape index (κ3) is 7.84. The number of hydrogen-bond acceptors (Lipinski definition) is 8. The van der Waals surface area contributed by atoms with Gasteiger partial charge in [0.15, 0.2) is 0 Å². The first-order valence-corrected chi connectivity index (χ1v) is 14.0. The average molecular weight is 554 g/mol.